The molecule has 218 valence electrons. The molecule has 3 N–H and O–H groups in total. The largest absolute Gasteiger partial charge is 0.507 e. The van der Waals surface area contributed by atoms with E-state index >= 15 is 0 Å². The van der Waals surface area contributed by atoms with E-state index in [1.807, 2.05) is 36.4 Å². The summed E-state index contributed by atoms with van der Waals surface area (Å²) < 4.78 is 7.03. The molecule has 0 radical (unpaired) electrons. The summed E-state index contributed by atoms with van der Waals surface area (Å²) in [6.45, 7) is 13.2. The van der Waals surface area contributed by atoms with Gasteiger partial charge in [-0.25, -0.2) is 0 Å². The van der Waals surface area contributed by atoms with E-state index in [1.54, 1.807) is 12.1 Å². The summed E-state index contributed by atoms with van der Waals surface area (Å²) in [6.07, 6.45) is 5.84. The molecular weight excluding hydrogens is 524 g/mol. The summed E-state index contributed by atoms with van der Waals surface area (Å²) in [6, 6.07) is 28.2. The first-order valence-electron chi connectivity index (χ1n) is 14.5. The van der Waals surface area contributed by atoms with Gasteiger partial charge in [0, 0.05) is 5.56 Å². The average molecular weight is 571 g/mol. The molecule has 0 aliphatic carbocycles. The van der Waals surface area contributed by atoms with E-state index in [-0.39, 0.29) is 24.0 Å². The van der Waals surface area contributed by atoms with Crippen molar-refractivity contribution in [2.24, 2.45) is 0 Å². The summed E-state index contributed by atoms with van der Waals surface area (Å²) >= 11 is 0. The highest BCUT2D eigenvalue weighted by Gasteiger charge is 2.50. The van der Waals surface area contributed by atoms with Gasteiger partial charge in [-0.2, -0.15) is 0 Å². The topological polar surface area (TPSA) is 69.9 Å². The molecule has 0 amide bonds. The van der Waals surface area contributed by atoms with Gasteiger partial charge in [0.25, 0.3) is 8.32 Å². The second-order valence-electron chi connectivity index (χ2n) is 11.6. The van der Waals surface area contributed by atoms with Crippen molar-refractivity contribution >= 4 is 24.8 Å². The Balaban J connectivity index is 1.85. The molecule has 0 fully saturated rings. The lowest BCUT2D eigenvalue weighted by Crippen LogP contribution is -2.66. The number of allylic oxidation sites excluding steroid dienone is 1. The fraction of sp³-hybridized carbons (Fsp3) is 0.333. The highest BCUT2D eigenvalue weighted by atomic mass is 28.4. The van der Waals surface area contributed by atoms with Crippen molar-refractivity contribution in [2.75, 3.05) is 13.2 Å². The van der Waals surface area contributed by atoms with E-state index in [9.17, 15) is 15.3 Å². The Morgan fingerprint density at radius 2 is 1.46 bits per heavy atom. The molecule has 4 nitrogen and oxygen atoms in total. The molecule has 0 aliphatic heterocycles. The Bertz CT molecular complexity index is 1270. The Morgan fingerprint density at radius 3 is 1.98 bits per heavy atom. The van der Waals surface area contributed by atoms with Gasteiger partial charge in [0.15, 0.2) is 0 Å². The van der Waals surface area contributed by atoms with Crippen molar-refractivity contribution < 1.29 is 19.7 Å². The molecule has 3 rings (SSSR count). The number of benzene rings is 3. The third kappa shape index (κ3) is 8.17. The number of aromatic hydroxyl groups is 1. The van der Waals surface area contributed by atoms with Gasteiger partial charge in [-0.15, -0.1) is 0 Å². The zero-order valence-electron chi connectivity index (χ0n) is 25.0. The third-order valence-electron chi connectivity index (χ3n) is 7.56. The number of para-hydroxylation sites is 1. The Morgan fingerprint density at radius 1 is 0.902 bits per heavy atom. The molecule has 41 heavy (non-hydrogen) atoms. The summed E-state index contributed by atoms with van der Waals surface area (Å²) in [5.74, 6) is 0.247. The predicted octanol–water partition coefficient (Wildman–Crippen LogP) is 6.77. The number of hydrogen-bond acceptors (Lipinski definition) is 4. The number of aliphatic hydroxyl groups excluding tert-OH is 2. The Labute approximate surface area is 247 Å². The van der Waals surface area contributed by atoms with Crippen LogP contribution in [0.1, 0.15) is 58.9 Å². The van der Waals surface area contributed by atoms with E-state index in [2.05, 4.69) is 82.8 Å². The van der Waals surface area contributed by atoms with Gasteiger partial charge in [-0.3, -0.25) is 0 Å². The molecule has 0 saturated carbocycles. The van der Waals surface area contributed by atoms with Crippen LogP contribution < -0.4 is 10.4 Å². The summed E-state index contributed by atoms with van der Waals surface area (Å²) in [5, 5.41) is 33.6. The monoisotopic (exact) mass is 570 g/mol. The maximum atomic E-state index is 11.3. The van der Waals surface area contributed by atoms with Gasteiger partial charge < -0.3 is 19.7 Å². The van der Waals surface area contributed by atoms with Crippen molar-refractivity contribution in [3.05, 3.63) is 120 Å². The molecule has 0 aromatic heterocycles. The molecule has 0 spiro atoms. The van der Waals surface area contributed by atoms with Crippen LogP contribution in [-0.2, 0) is 4.43 Å². The van der Waals surface area contributed by atoms with Crippen molar-refractivity contribution in [3.63, 3.8) is 0 Å². The molecule has 3 aromatic rings. The molecule has 1 unspecified atom stereocenters. The van der Waals surface area contributed by atoms with Crippen LogP contribution in [-0.4, -0.2) is 43.0 Å². The molecular formula is C36H46O4Si. The van der Waals surface area contributed by atoms with Gasteiger partial charge in [0.2, 0.25) is 0 Å². The molecule has 1 atom stereocenters. The van der Waals surface area contributed by atoms with Crippen LogP contribution in [0.4, 0.5) is 0 Å². The Kier molecular flexibility index (Phi) is 11.9. The minimum absolute atomic E-state index is 0.182. The quantitative estimate of drug-likeness (QED) is 0.148. The van der Waals surface area contributed by atoms with E-state index in [0.717, 1.165) is 24.0 Å². The fourth-order valence-corrected chi connectivity index (χ4v) is 10.1. The lowest BCUT2D eigenvalue weighted by molar-refractivity contribution is 0.197. The molecule has 0 aliphatic rings. The van der Waals surface area contributed by atoms with E-state index in [4.69, 9.17) is 4.43 Å². The predicted molar refractivity (Wildman–Crippen MR) is 174 cm³/mol. The van der Waals surface area contributed by atoms with Crippen LogP contribution in [0.2, 0.25) is 5.04 Å². The number of phenolic OH excluding ortho intramolecular Hbond substituents is 1. The summed E-state index contributed by atoms with van der Waals surface area (Å²) in [5.41, 5.74) is 3.22. The maximum absolute atomic E-state index is 11.3. The number of aliphatic hydroxyl groups is 2. The smallest absolute Gasteiger partial charge is 0.261 e. The van der Waals surface area contributed by atoms with E-state index in [0.29, 0.717) is 24.0 Å². The first-order valence-corrected chi connectivity index (χ1v) is 16.4. The van der Waals surface area contributed by atoms with Crippen LogP contribution in [0, 0.1) is 0 Å². The highest BCUT2D eigenvalue weighted by molar-refractivity contribution is 6.99. The number of rotatable bonds is 14. The van der Waals surface area contributed by atoms with Crippen molar-refractivity contribution in [1.82, 2.24) is 0 Å². The van der Waals surface area contributed by atoms with E-state index < -0.39 is 14.4 Å². The normalized spacial score (nSPS) is 13.7. The standard InChI is InChI=1S/C36H46O4Si/c1-6-15-29(26-30-16-13-14-21-34(30)38)22-23-35(39)33(24-25-37)28(2)27-40-41(36(3,4)5,31-17-9-7-10-18-31)32-19-11-8-12-20-32/h7-14,16-21,24,26,35,37-39H,2,6,15,22-23,25,27H2,1,3-5H3/b29-26+,33-24-. The van der Waals surface area contributed by atoms with Crippen molar-refractivity contribution in [3.8, 4) is 5.75 Å². The number of phenols is 1. The van der Waals surface area contributed by atoms with Crippen LogP contribution in [0.15, 0.2) is 114 Å². The third-order valence-corrected chi connectivity index (χ3v) is 12.5. The first-order chi connectivity index (χ1) is 19.6. The molecule has 0 saturated heterocycles. The Hall–Kier alpha value is -3.22. The van der Waals surface area contributed by atoms with Crippen molar-refractivity contribution in [1.29, 1.82) is 0 Å². The lowest BCUT2D eigenvalue weighted by Gasteiger charge is -2.43. The second-order valence-corrected chi connectivity index (χ2v) is 15.9. The SMILES string of the molecule is C=C(CO[Si](c1ccccc1)(c1ccccc1)C(C)(C)C)/C(=C/CO)C(O)CC/C(=C/c1ccccc1O)CCC. The lowest BCUT2D eigenvalue weighted by atomic mass is 9.94. The minimum atomic E-state index is -2.78. The minimum Gasteiger partial charge on any atom is -0.507 e. The number of hydrogen-bond donors (Lipinski definition) is 3. The maximum Gasteiger partial charge on any atom is 0.261 e. The fourth-order valence-electron chi connectivity index (χ4n) is 5.55. The molecule has 5 heteroatoms. The van der Waals surface area contributed by atoms with Crippen molar-refractivity contribution in [2.45, 2.75) is 64.5 Å². The second kappa shape index (κ2) is 15.1. The van der Waals surface area contributed by atoms with Gasteiger partial charge in [0.05, 0.1) is 19.3 Å². The summed E-state index contributed by atoms with van der Waals surface area (Å²) in [7, 11) is -2.78. The summed E-state index contributed by atoms with van der Waals surface area (Å²) in [4.78, 5) is 0. The van der Waals surface area contributed by atoms with Gasteiger partial charge in [-0.1, -0.05) is 137 Å². The van der Waals surface area contributed by atoms with Crippen LogP contribution >= 0.6 is 0 Å². The molecule has 0 bridgehead atoms. The zero-order chi connectivity index (χ0) is 29.9. The highest BCUT2D eigenvalue weighted by Crippen LogP contribution is 2.37. The van der Waals surface area contributed by atoms with Gasteiger partial charge in [0.1, 0.15) is 5.75 Å². The average Bonchev–Trinajstić information content (AvgIpc) is 2.96. The van der Waals surface area contributed by atoms with Crippen LogP contribution in [0.3, 0.4) is 0 Å². The van der Waals surface area contributed by atoms with Crippen LogP contribution in [0.5, 0.6) is 5.75 Å². The molecule has 0 heterocycles. The molecule has 3 aromatic carbocycles. The van der Waals surface area contributed by atoms with Gasteiger partial charge in [-0.05, 0) is 51.9 Å². The zero-order valence-corrected chi connectivity index (χ0v) is 26.0. The van der Waals surface area contributed by atoms with E-state index in [1.165, 1.54) is 10.4 Å². The first kappa shape index (κ1) is 32.3. The van der Waals surface area contributed by atoms with Crippen LogP contribution in [0.25, 0.3) is 6.08 Å². The van der Waals surface area contributed by atoms with Gasteiger partial charge >= 0.3 is 0 Å².